The fourth-order valence-corrected chi connectivity index (χ4v) is 4.87. The maximum Gasteiger partial charge on any atom is 0.224 e. The SMILES string of the molecule is Cc1c(NC(=O)CC(C)(C)C)c(C)c2c(c1-c1ccc[nH]1)OCC2c1ccc(C(C)C)cc1. The van der Waals surface area contributed by atoms with Crippen LogP contribution in [-0.4, -0.2) is 17.5 Å². The fourth-order valence-electron chi connectivity index (χ4n) is 4.87. The molecule has 0 fully saturated rings. The average Bonchev–Trinajstić information content (AvgIpc) is 3.41. The second-order valence-corrected chi connectivity index (χ2v) is 10.8. The highest BCUT2D eigenvalue weighted by Crippen LogP contribution is 2.50. The van der Waals surface area contributed by atoms with Gasteiger partial charge in [-0.15, -0.1) is 0 Å². The maximum atomic E-state index is 12.9. The molecular weight excluding hydrogens is 408 g/mol. The highest BCUT2D eigenvalue weighted by molar-refractivity contribution is 5.96. The summed E-state index contributed by atoms with van der Waals surface area (Å²) in [7, 11) is 0. The first kappa shape index (κ1) is 23.2. The van der Waals surface area contributed by atoms with Crippen LogP contribution >= 0.6 is 0 Å². The molecule has 4 nitrogen and oxygen atoms in total. The summed E-state index contributed by atoms with van der Waals surface area (Å²) in [5, 5.41) is 3.25. The Morgan fingerprint density at radius 2 is 1.82 bits per heavy atom. The molecule has 0 saturated heterocycles. The molecular formula is C29H36N2O2. The summed E-state index contributed by atoms with van der Waals surface area (Å²) in [6.07, 6.45) is 2.40. The van der Waals surface area contributed by atoms with Gasteiger partial charge in [-0.2, -0.15) is 0 Å². The summed E-state index contributed by atoms with van der Waals surface area (Å²) in [6.45, 7) is 15.5. The second kappa shape index (κ2) is 8.74. The van der Waals surface area contributed by atoms with Gasteiger partial charge in [0.2, 0.25) is 5.91 Å². The van der Waals surface area contributed by atoms with Crippen molar-refractivity contribution in [3.05, 3.63) is 70.4 Å². The molecule has 0 bridgehead atoms. The average molecular weight is 445 g/mol. The van der Waals surface area contributed by atoms with E-state index in [0.29, 0.717) is 18.9 Å². The van der Waals surface area contributed by atoms with Gasteiger partial charge in [-0.3, -0.25) is 4.79 Å². The normalized spacial score (nSPS) is 15.5. The van der Waals surface area contributed by atoms with Gasteiger partial charge in [-0.25, -0.2) is 0 Å². The van der Waals surface area contributed by atoms with E-state index in [9.17, 15) is 4.79 Å². The van der Waals surface area contributed by atoms with Crippen LogP contribution in [0, 0.1) is 19.3 Å². The lowest BCUT2D eigenvalue weighted by molar-refractivity contribution is -0.117. The van der Waals surface area contributed by atoms with Crippen LogP contribution in [0.3, 0.4) is 0 Å². The summed E-state index contributed by atoms with van der Waals surface area (Å²) >= 11 is 0. The Hall–Kier alpha value is -3.01. The van der Waals surface area contributed by atoms with Gasteiger partial charge in [0.05, 0.1) is 6.61 Å². The molecule has 1 aliphatic heterocycles. The lowest BCUT2D eigenvalue weighted by atomic mass is 9.84. The molecule has 4 rings (SSSR count). The fraction of sp³-hybridized carbons (Fsp3) is 0.414. The zero-order valence-electron chi connectivity index (χ0n) is 20.9. The number of aromatic nitrogens is 1. The number of fused-ring (bicyclic) bond motifs is 1. The van der Waals surface area contributed by atoms with Gasteiger partial charge < -0.3 is 15.0 Å². The number of nitrogens with one attached hydrogen (secondary N) is 2. The number of H-pyrrole nitrogens is 1. The first-order valence-corrected chi connectivity index (χ1v) is 11.9. The molecule has 1 amide bonds. The molecule has 4 heteroatoms. The van der Waals surface area contributed by atoms with E-state index >= 15 is 0 Å². The topological polar surface area (TPSA) is 54.1 Å². The number of carbonyl (C=O) groups is 1. The van der Waals surface area contributed by atoms with Crippen LogP contribution in [0.5, 0.6) is 5.75 Å². The van der Waals surface area contributed by atoms with Crippen molar-refractivity contribution in [2.24, 2.45) is 5.41 Å². The minimum absolute atomic E-state index is 0.0443. The molecule has 2 N–H and O–H groups in total. The van der Waals surface area contributed by atoms with Gasteiger partial charge in [0.1, 0.15) is 5.75 Å². The zero-order valence-corrected chi connectivity index (χ0v) is 20.9. The Bertz CT molecular complexity index is 1150. The standard InChI is InChI=1S/C29H36N2O2/c1-17(2)20-10-12-21(13-11-20)22-16-33-28-25(22)18(3)27(31-24(32)15-29(5,6)7)19(4)26(28)23-9-8-14-30-23/h8-14,17,22,30H,15-16H2,1-7H3,(H,31,32). The molecule has 1 aromatic heterocycles. The van der Waals surface area contributed by atoms with Crippen molar-refractivity contribution in [1.82, 2.24) is 4.98 Å². The Morgan fingerprint density at radius 1 is 1.12 bits per heavy atom. The molecule has 0 spiro atoms. The van der Waals surface area contributed by atoms with E-state index in [1.165, 1.54) is 16.7 Å². The van der Waals surface area contributed by atoms with Crippen LogP contribution in [0.1, 0.15) is 80.7 Å². The number of aromatic amines is 1. The van der Waals surface area contributed by atoms with Gasteiger partial charge in [0.15, 0.2) is 0 Å². The molecule has 33 heavy (non-hydrogen) atoms. The third-order valence-corrected chi connectivity index (χ3v) is 6.57. The van der Waals surface area contributed by atoms with Gasteiger partial charge in [-0.05, 0) is 59.6 Å². The third kappa shape index (κ3) is 4.57. The molecule has 3 aromatic rings. The van der Waals surface area contributed by atoms with Crippen molar-refractivity contribution >= 4 is 11.6 Å². The van der Waals surface area contributed by atoms with Crippen molar-refractivity contribution in [3.8, 4) is 17.0 Å². The molecule has 2 heterocycles. The summed E-state index contributed by atoms with van der Waals surface area (Å²) in [4.78, 5) is 16.3. The predicted molar refractivity (Wildman–Crippen MR) is 136 cm³/mol. The van der Waals surface area contributed by atoms with E-state index in [1.54, 1.807) is 0 Å². The van der Waals surface area contributed by atoms with Crippen molar-refractivity contribution in [2.45, 2.75) is 66.7 Å². The Balaban J connectivity index is 1.84. The minimum atomic E-state index is -0.0747. The van der Waals surface area contributed by atoms with Gasteiger partial charge in [0, 0.05) is 41.0 Å². The minimum Gasteiger partial charge on any atom is -0.492 e. The van der Waals surface area contributed by atoms with Crippen LogP contribution in [-0.2, 0) is 4.79 Å². The molecule has 2 aromatic carbocycles. The number of hydrogen-bond acceptors (Lipinski definition) is 2. The number of carbonyl (C=O) groups excluding carboxylic acids is 1. The first-order chi connectivity index (χ1) is 15.6. The maximum absolute atomic E-state index is 12.9. The number of hydrogen-bond donors (Lipinski definition) is 2. The van der Waals surface area contributed by atoms with Crippen molar-refractivity contribution < 1.29 is 9.53 Å². The Labute approximate surface area is 197 Å². The number of ether oxygens (including phenoxy) is 1. The van der Waals surface area contributed by atoms with Crippen LogP contribution in [0.2, 0.25) is 0 Å². The number of amides is 1. The molecule has 0 aliphatic carbocycles. The second-order valence-electron chi connectivity index (χ2n) is 10.8. The van der Waals surface area contributed by atoms with Gasteiger partial charge in [-0.1, -0.05) is 58.9 Å². The monoisotopic (exact) mass is 444 g/mol. The molecule has 174 valence electrons. The van der Waals surface area contributed by atoms with Crippen molar-refractivity contribution in [3.63, 3.8) is 0 Å². The van der Waals surface area contributed by atoms with Crippen LogP contribution in [0.15, 0.2) is 42.6 Å². The van der Waals surface area contributed by atoms with Crippen LogP contribution in [0.4, 0.5) is 5.69 Å². The van der Waals surface area contributed by atoms with Crippen LogP contribution in [0.25, 0.3) is 11.3 Å². The molecule has 1 unspecified atom stereocenters. The molecule has 0 saturated carbocycles. The van der Waals surface area contributed by atoms with E-state index in [4.69, 9.17) is 4.74 Å². The molecule has 1 atom stereocenters. The highest BCUT2D eigenvalue weighted by atomic mass is 16.5. The largest absolute Gasteiger partial charge is 0.492 e. The van der Waals surface area contributed by atoms with Gasteiger partial charge in [0.25, 0.3) is 0 Å². The summed E-state index contributed by atoms with van der Waals surface area (Å²) in [5.41, 5.74) is 8.75. The lowest BCUT2D eigenvalue weighted by Crippen LogP contribution is -2.21. The van der Waals surface area contributed by atoms with E-state index in [0.717, 1.165) is 33.8 Å². The van der Waals surface area contributed by atoms with E-state index in [-0.39, 0.29) is 17.2 Å². The van der Waals surface area contributed by atoms with E-state index in [2.05, 4.69) is 89.1 Å². The third-order valence-electron chi connectivity index (χ3n) is 6.57. The number of rotatable bonds is 5. The summed E-state index contributed by atoms with van der Waals surface area (Å²) < 4.78 is 6.37. The van der Waals surface area contributed by atoms with E-state index in [1.807, 2.05) is 12.3 Å². The van der Waals surface area contributed by atoms with Crippen molar-refractivity contribution in [2.75, 3.05) is 11.9 Å². The highest BCUT2D eigenvalue weighted by Gasteiger charge is 2.34. The summed E-state index contributed by atoms with van der Waals surface area (Å²) in [5.74, 6) is 1.61. The Morgan fingerprint density at radius 3 is 2.39 bits per heavy atom. The zero-order chi connectivity index (χ0) is 23.9. The molecule has 1 aliphatic rings. The summed E-state index contributed by atoms with van der Waals surface area (Å²) in [6, 6.07) is 13.0. The van der Waals surface area contributed by atoms with Crippen LogP contribution < -0.4 is 10.1 Å². The lowest BCUT2D eigenvalue weighted by Gasteiger charge is -2.23. The molecule has 0 radical (unpaired) electrons. The van der Waals surface area contributed by atoms with Crippen molar-refractivity contribution in [1.29, 1.82) is 0 Å². The number of benzene rings is 2. The smallest absolute Gasteiger partial charge is 0.224 e. The van der Waals surface area contributed by atoms with E-state index < -0.39 is 0 Å². The number of anilines is 1. The quantitative estimate of drug-likeness (QED) is 0.433. The first-order valence-electron chi connectivity index (χ1n) is 11.9. The predicted octanol–water partition coefficient (Wildman–Crippen LogP) is 7.32. The Kier molecular flexibility index (Phi) is 6.13. The van der Waals surface area contributed by atoms with Gasteiger partial charge >= 0.3 is 0 Å².